The molecule has 2 N–H and O–H groups in total. The van der Waals surface area contributed by atoms with Gasteiger partial charge in [-0.25, -0.2) is 27.7 Å². The highest BCUT2D eigenvalue weighted by Crippen LogP contribution is 2.41. The molecule has 0 radical (unpaired) electrons. The molecule has 1 aliphatic rings. The normalized spacial score (nSPS) is 13.6. The van der Waals surface area contributed by atoms with E-state index >= 15 is 0 Å². The quantitative estimate of drug-likeness (QED) is 0.232. The number of aromatic nitrogens is 2. The lowest BCUT2D eigenvalue weighted by Crippen LogP contribution is -2.14. The monoisotopic (exact) mass is 617 g/mol. The SMILES string of the molecule is CCOC(=O)c1csc(-c2cc(-c3cccc(Br)c3)n(Cc3ccc(S(N)(=O)=O)c(F)c3)c2CC2CC2)n1. The Bertz CT molecular complexity index is 1630. The highest BCUT2D eigenvalue weighted by molar-refractivity contribution is 9.10. The molecule has 0 unspecified atom stereocenters. The number of esters is 1. The van der Waals surface area contributed by atoms with Crippen LogP contribution in [0.2, 0.25) is 0 Å². The summed E-state index contributed by atoms with van der Waals surface area (Å²) in [5, 5.41) is 7.56. The average Bonchev–Trinajstić information content (AvgIpc) is 3.41. The molecule has 1 saturated carbocycles. The Morgan fingerprint density at radius 2 is 2.03 bits per heavy atom. The minimum absolute atomic E-state index is 0.265. The van der Waals surface area contributed by atoms with Crippen molar-refractivity contribution in [3.63, 3.8) is 0 Å². The summed E-state index contributed by atoms with van der Waals surface area (Å²) >= 11 is 4.93. The highest BCUT2D eigenvalue weighted by atomic mass is 79.9. The molecule has 4 aromatic rings. The minimum Gasteiger partial charge on any atom is -0.461 e. The molecular weight excluding hydrogens is 593 g/mol. The van der Waals surface area contributed by atoms with E-state index in [0.29, 0.717) is 23.0 Å². The molecule has 0 amide bonds. The molecule has 1 fully saturated rings. The summed E-state index contributed by atoms with van der Waals surface area (Å²) < 4.78 is 46.3. The lowest BCUT2D eigenvalue weighted by atomic mass is 10.1. The van der Waals surface area contributed by atoms with E-state index in [0.717, 1.165) is 46.2 Å². The van der Waals surface area contributed by atoms with Crippen molar-refractivity contribution < 1.29 is 22.3 Å². The molecule has 0 atom stereocenters. The topological polar surface area (TPSA) is 104 Å². The van der Waals surface area contributed by atoms with Crippen LogP contribution in [-0.4, -0.2) is 30.5 Å². The number of rotatable bonds is 9. The summed E-state index contributed by atoms with van der Waals surface area (Å²) in [5.41, 5.74) is 4.66. The summed E-state index contributed by atoms with van der Waals surface area (Å²) in [6, 6.07) is 13.9. The first-order valence-corrected chi connectivity index (χ1v) is 15.3. The molecular formula is C27H25BrFN3O4S2. The molecule has 0 bridgehead atoms. The lowest BCUT2D eigenvalue weighted by Gasteiger charge is -2.16. The second-order valence-electron chi connectivity index (χ2n) is 9.20. The predicted molar refractivity (Wildman–Crippen MR) is 148 cm³/mol. The van der Waals surface area contributed by atoms with Crippen LogP contribution in [0.5, 0.6) is 0 Å². The summed E-state index contributed by atoms with van der Waals surface area (Å²) in [6.07, 6.45) is 3.05. The van der Waals surface area contributed by atoms with Gasteiger partial charge < -0.3 is 9.30 Å². The standard InChI is InChI=1S/C27H25BrFN3O4S2/c1-2-36-27(33)22-15-37-26(31-22)20-13-23(18-4-3-5-19(28)12-18)32(24(20)11-16-6-7-16)14-17-8-9-25(21(29)10-17)38(30,34)35/h3-5,8-10,12-13,15-16H,2,6-7,11,14H2,1H3,(H2,30,34,35). The number of hydrogen-bond acceptors (Lipinski definition) is 6. The second kappa shape index (κ2) is 10.7. The maximum Gasteiger partial charge on any atom is 0.357 e. The second-order valence-corrected chi connectivity index (χ2v) is 12.5. The van der Waals surface area contributed by atoms with E-state index in [1.54, 1.807) is 18.4 Å². The first kappa shape index (κ1) is 26.7. The Morgan fingerprint density at radius 3 is 2.68 bits per heavy atom. The van der Waals surface area contributed by atoms with Gasteiger partial charge in [0.05, 0.1) is 6.61 Å². The molecule has 0 aliphatic heterocycles. The third kappa shape index (κ3) is 5.75. The van der Waals surface area contributed by atoms with Crippen LogP contribution in [0.1, 0.15) is 41.5 Å². The summed E-state index contributed by atoms with van der Waals surface area (Å²) in [5.74, 6) is -0.816. The Hall–Kier alpha value is -2.86. The molecule has 198 valence electrons. The van der Waals surface area contributed by atoms with Gasteiger partial charge in [-0.1, -0.05) is 34.1 Å². The molecule has 0 saturated heterocycles. The van der Waals surface area contributed by atoms with Crippen LogP contribution in [0, 0.1) is 11.7 Å². The van der Waals surface area contributed by atoms with Crippen molar-refractivity contribution in [2.45, 2.75) is 37.6 Å². The Morgan fingerprint density at radius 1 is 1.24 bits per heavy atom. The van der Waals surface area contributed by atoms with E-state index in [4.69, 9.17) is 9.88 Å². The van der Waals surface area contributed by atoms with Crippen LogP contribution in [0.4, 0.5) is 4.39 Å². The van der Waals surface area contributed by atoms with Gasteiger partial charge in [0.2, 0.25) is 10.0 Å². The van der Waals surface area contributed by atoms with Crippen molar-refractivity contribution in [1.29, 1.82) is 0 Å². The molecule has 38 heavy (non-hydrogen) atoms. The fourth-order valence-corrected chi connectivity index (χ4v) is 6.22. The summed E-state index contributed by atoms with van der Waals surface area (Å²) in [4.78, 5) is 16.3. The van der Waals surface area contributed by atoms with Crippen molar-refractivity contribution >= 4 is 43.3 Å². The molecule has 2 heterocycles. The Balaban J connectivity index is 1.65. The lowest BCUT2D eigenvalue weighted by molar-refractivity contribution is 0.0520. The zero-order chi connectivity index (χ0) is 27.0. The maximum atomic E-state index is 14.7. The van der Waals surface area contributed by atoms with Gasteiger partial charge in [0.15, 0.2) is 5.69 Å². The highest BCUT2D eigenvalue weighted by Gasteiger charge is 2.28. The molecule has 2 aromatic heterocycles. The number of carbonyl (C=O) groups excluding carboxylic acids is 1. The first-order chi connectivity index (χ1) is 18.1. The van der Waals surface area contributed by atoms with Crippen LogP contribution in [0.3, 0.4) is 0 Å². The average molecular weight is 619 g/mol. The number of nitrogens with zero attached hydrogens (tertiary/aromatic N) is 2. The van der Waals surface area contributed by atoms with Gasteiger partial charge in [0.25, 0.3) is 0 Å². The largest absolute Gasteiger partial charge is 0.461 e. The number of ether oxygens (including phenoxy) is 1. The Kier molecular flexibility index (Phi) is 7.54. The van der Waals surface area contributed by atoms with Crippen LogP contribution in [0.25, 0.3) is 21.8 Å². The van der Waals surface area contributed by atoms with Crippen LogP contribution in [0.15, 0.2) is 63.3 Å². The molecule has 5 rings (SSSR count). The van der Waals surface area contributed by atoms with Crippen molar-refractivity contribution in [3.05, 3.63) is 81.2 Å². The number of benzene rings is 2. The van der Waals surface area contributed by atoms with E-state index < -0.39 is 26.7 Å². The summed E-state index contributed by atoms with van der Waals surface area (Å²) in [7, 11) is -4.17. The third-order valence-electron chi connectivity index (χ3n) is 6.37. The third-order valence-corrected chi connectivity index (χ3v) is 8.68. The smallest absolute Gasteiger partial charge is 0.357 e. The number of carbonyl (C=O) groups is 1. The number of thiazole rings is 1. The van der Waals surface area contributed by atoms with Gasteiger partial charge in [-0.15, -0.1) is 11.3 Å². The number of primary sulfonamides is 1. The first-order valence-electron chi connectivity index (χ1n) is 12.1. The van der Waals surface area contributed by atoms with Crippen molar-refractivity contribution in [2.24, 2.45) is 11.1 Å². The van der Waals surface area contributed by atoms with Gasteiger partial charge >= 0.3 is 5.97 Å². The number of sulfonamides is 1. The Labute approximate surface area is 232 Å². The van der Waals surface area contributed by atoms with Crippen molar-refractivity contribution in [1.82, 2.24) is 9.55 Å². The van der Waals surface area contributed by atoms with E-state index in [1.165, 1.54) is 23.5 Å². The van der Waals surface area contributed by atoms with Gasteiger partial charge in [-0.05, 0) is 73.6 Å². The van der Waals surface area contributed by atoms with Gasteiger partial charge in [-0.2, -0.15) is 0 Å². The van der Waals surface area contributed by atoms with Crippen molar-refractivity contribution in [2.75, 3.05) is 6.61 Å². The predicted octanol–water partition coefficient (Wildman–Crippen LogP) is 6.01. The maximum absolute atomic E-state index is 14.7. The van der Waals surface area contributed by atoms with Crippen molar-refractivity contribution in [3.8, 4) is 21.8 Å². The van der Waals surface area contributed by atoms with Gasteiger partial charge in [0.1, 0.15) is 15.7 Å². The zero-order valence-corrected chi connectivity index (χ0v) is 23.7. The number of nitrogens with two attached hydrogens (primary N) is 1. The fraction of sp³-hybridized carbons (Fsp3) is 0.259. The van der Waals surface area contributed by atoms with Crippen LogP contribution < -0.4 is 5.14 Å². The number of hydrogen-bond donors (Lipinski definition) is 1. The van der Waals surface area contributed by atoms with Crippen LogP contribution in [-0.2, 0) is 27.7 Å². The summed E-state index contributed by atoms with van der Waals surface area (Å²) in [6.45, 7) is 2.33. The minimum atomic E-state index is -4.17. The van der Waals surface area contributed by atoms with E-state index in [1.807, 2.05) is 24.3 Å². The van der Waals surface area contributed by atoms with E-state index in [2.05, 4.69) is 31.5 Å². The van der Waals surface area contributed by atoms with Crippen LogP contribution >= 0.6 is 27.3 Å². The number of halogens is 2. The molecule has 11 heteroatoms. The van der Waals surface area contributed by atoms with Gasteiger partial charge in [-0.3, -0.25) is 0 Å². The molecule has 2 aromatic carbocycles. The van der Waals surface area contributed by atoms with Gasteiger partial charge in [0, 0.05) is 33.3 Å². The van der Waals surface area contributed by atoms with E-state index in [-0.39, 0.29) is 12.3 Å². The fourth-order valence-electron chi connectivity index (χ4n) is 4.41. The zero-order valence-electron chi connectivity index (χ0n) is 20.5. The molecule has 1 aliphatic carbocycles. The van der Waals surface area contributed by atoms with E-state index in [9.17, 15) is 17.6 Å². The molecule has 0 spiro atoms. The molecule has 7 nitrogen and oxygen atoms in total.